The van der Waals surface area contributed by atoms with Crippen molar-refractivity contribution in [2.45, 2.75) is 31.8 Å². The maximum atomic E-state index is 11.9. The Labute approximate surface area is 127 Å². The average molecular weight is 345 g/mol. The van der Waals surface area contributed by atoms with Crippen LogP contribution < -0.4 is 11.1 Å². The predicted molar refractivity (Wildman–Crippen MR) is 86.4 cm³/mol. The zero-order valence-corrected chi connectivity index (χ0v) is 13.8. The molecular weight excluding hydrogens is 324 g/mol. The van der Waals surface area contributed by atoms with Crippen LogP contribution in [0.3, 0.4) is 0 Å². The van der Waals surface area contributed by atoms with Crippen LogP contribution in [0.1, 0.15) is 18.9 Å². The number of hydrogen-bond acceptors (Lipinski definition) is 3. The van der Waals surface area contributed by atoms with E-state index in [1.165, 1.54) is 5.56 Å². The largest absolute Gasteiger partial charge is 0.352 e. The van der Waals surface area contributed by atoms with Gasteiger partial charge in [0.1, 0.15) is 0 Å². The highest BCUT2D eigenvalue weighted by molar-refractivity contribution is 9.10. The summed E-state index contributed by atoms with van der Waals surface area (Å²) in [4.78, 5) is 11.9. The molecule has 1 aromatic carbocycles. The molecular formula is C14H21BrN2OS. The first-order valence-electron chi connectivity index (χ1n) is 6.32. The van der Waals surface area contributed by atoms with Crippen LogP contribution in [0.2, 0.25) is 0 Å². The van der Waals surface area contributed by atoms with E-state index in [-0.39, 0.29) is 11.9 Å². The summed E-state index contributed by atoms with van der Waals surface area (Å²) in [5, 5.41) is 2.97. The molecule has 0 saturated heterocycles. The van der Waals surface area contributed by atoms with E-state index in [9.17, 15) is 4.79 Å². The number of benzene rings is 1. The van der Waals surface area contributed by atoms with Gasteiger partial charge in [0.15, 0.2) is 0 Å². The quantitative estimate of drug-likeness (QED) is 0.799. The third kappa shape index (κ3) is 6.45. The molecule has 0 aliphatic heterocycles. The number of nitrogens with one attached hydrogen (secondary N) is 1. The van der Waals surface area contributed by atoms with E-state index in [1.54, 1.807) is 11.8 Å². The molecule has 0 radical (unpaired) electrons. The molecule has 1 rings (SSSR count). The van der Waals surface area contributed by atoms with Crippen molar-refractivity contribution in [2.75, 3.05) is 12.0 Å². The molecule has 1 aromatic rings. The van der Waals surface area contributed by atoms with Crippen LogP contribution in [-0.2, 0) is 11.2 Å². The third-order valence-electron chi connectivity index (χ3n) is 2.81. The van der Waals surface area contributed by atoms with E-state index in [4.69, 9.17) is 5.73 Å². The van der Waals surface area contributed by atoms with Crippen LogP contribution in [-0.4, -0.2) is 30.0 Å². The van der Waals surface area contributed by atoms with Gasteiger partial charge in [0.05, 0.1) is 6.04 Å². The summed E-state index contributed by atoms with van der Waals surface area (Å²) in [7, 11) is 0. The smallest absolute Gasteiger partial charge is 0.237 e. The van der Waals surface area contributed by atoms with E-state index in [1.807, 2.05) is 25.3 Å². The Morgan fingerprint density at radius 3 is 2.63 bits per heavy atom. The summed E-state index contributed by atoms with van der Waals surface area (Å²) in [6.07, 6.45) is 3.55. The second-order valence-corrected chi connectivity index (χ2v) is 6.53. The minimum atomic E-state index is -0.403. The summed E-state index contributed by atoms with van der Waals surface area (Å²) in [6, 6.07) is 7.82. The van der Waals surface area contributed by atoms with Gasteiger partial charge in [-0.1, -0.05) is 28.1 Å². The lowest BCUT2D eigenvalue weighted by Crippen LogP contribution is -2.45. The standard InChI is InChI=1S/C14H21BrN2OS/c1-10(9-11-3-5-12(15)6-4-11)17-14(18)13(16)7-8-19-2/h3-6,10,13H,7-9,16H2,1-2H3,(H,17,18)/t10?,13-/m0/s1. The number of amides is 1. The van der Waals surface area contributed by atoms with Gasteiger partial charge in [-0.25, -0.2) is 0 Å². The van der Waals surface area contributed by atoms with Crippen molar-refractivity contribution in [2.24, 2.45) is 5.73 Å². The van der Waals surface area contributed by atoms with Crippen molar-refractivity contribution >= 4 is 33.6 Å². The Balaban J connectivity index is 2.39. The second kappa shape index (κ2) is 8.61. The van der Waals surface area contributed by atoms with Gasteiger partial charge in [-0.2, -0.15) is 11.8 Å². The fourth-order valence-electron chi connectivity index (χ4n) is 1.75. The molecule has 19 heavy (non-hydrogen) atoms. The SMILES string of the molecule is CSCC[C@H](N)C(=O)NC(C)Cc1ccc(Br)cc1. The summed E-state index contributed by atoms with van der Waals surface area (Å²) < 4.78 is 1.06. The summed E-state index contributed by atoms with van der Waals surface area (Å²) in [6.45, 7) is 2.00. The molecule has 106 valence electrons. The Morgan fingerprint density at radius 1 is 1.42 bits per heavy atom. The van der Waals surface area contributed by atoms with Gasteiger partial charge in [0.2, 0.25) is 5.91 Å². The van der Waals surface area contributed by atoms with E-state index in [0.29, 0.717) is 0 Å². The molecule has 1 amide bonds. The Morgan fingerprint density at radius 2 is 2.05 bits per heavy atom. The van der Waals surface area contributed by atoms with Crippen molar-refractivity contribution in [3.05, 3.63) is 34.3 Å². The Hall–Kier alpha value is -0.520. The molecule has 0 saturated carbocycles. The highest BCUT2D eigenvalue weighted by atomic mass is 79.9. The number of carbonyl (C=O) groups is 1. The molecule has 0 spiro atoms. The summed E-state index contributed by atoms with van der Waals surface area (Å²) in [5.41, 5.74) is 7.04. The molecule has 0 bridgehead atoms. The maximum absolute atomic E-state index is 11.9. The summed E-state index contributed by atoms with van der Waals surface area (Å²) >= 11 is 5.11. The molecule has 0 heterocycles. The van der Waals surface area contributed by atoms with Gasteiger partial charge in [-0.3, -0.25) is 4.79 Å². The minimum absolute atomic E-state index is 0.0568. The third-order valence-corrected chi connectivity index (χ3v) is 3.99. The van der Waals surface area contributed by atoms with Gasteiger partial charge in [-0.05, 0) is 49.5 Å². The first-order chi connectivity index (χ1) is 9.02. The van der Waals surface area contributed by atoms with Crippen molar-refractivity contribution in [1.82, 2.24) is 5.32 Å². The molecule has 1 unspecified atom stereocenters. The molecule has 3 nitrogen and oxygen atoms in total. The minimum Gasteiger partial charge on any atom is -0.352 e. The number of halogens is 1. The van der Waals surface area contributed by atoms with E-state index in [2.05, 4.69) is 33.4 Å². The maximum Gasteiger partial charge on any atom is 0.237 e. The van der Waals surface area contributed by atoms with Crippen LogP contribution in [0.4, 0.5) is 0 Å². The fourth-order valence-corrected chi connectivity index (χ4v) is 2.50. The zero-order valence-electron chi connectivity index (χ0n) is 11.4. The number of thioether (sulfide) groups is 1. The van der Waals surface area contributed by atoms with Crippen molar-refractivity contribution in [1.29, 1.82) is 0 Å². The molecule has 2 atom stereocenters. The number of carbonyl (C=O) groups excluding carboxylic acids is 1. The van der Waals surface area contributed by atoms with Gasteiger partial charge in [0, 0.05) is 10.5 Å². The number of nitrogens with two attached hydrogens (primary N) is 1. The molecule has 3 N–H and O–H groups in total. The molecule has 0 aliphatic rings. The van der Waals surface area contributed by atoms with Crippen LogP contribution in [0.5, 0.6) is 0 Å². The predicted octanol–water partition coefficient (Wildman–Crippen LogP) is 2.58. The van der Waals surface area contributed by atoms with E-state index < -0.39 is 6.04 Å². The topological polar surface area (TPSA) is 55.1 Å². The van der Waals surface area contributed by atoms with Crippen LogP contribution in [0.25, 0.3) is 0 Å². The van der Waals surface area contributed by atoms with Crippen molar-refractivity contribution < 1.29 is 4.79 Å². The number of hydrogen-bond donors (Lipinski definition) is 2. The monoisotopic (exact) mass is 344 g/mol. The van der Waals surface area contributed by atoms with E-state index in [0.717, 1.165) is 23.1 Å². The molecule has 0 aromatic heterocycles. The van der Waals surface area contributed by atoms with Crippen LogP contribution in [0, 0.1) is 0 Å². The van der Waals surface area contributed by atoms with Crippen LogP contribution in [0.15, 0.2) is 28.7 Å². The first-order valence-corrected chi connectivity index (χ1v) is 8.51. The Bertz CT molecular complexity index is 397. The van der Waals surface area contributed by atoms with Crippen molar-refractivity contribution in [3.8, 4) is 0 Å². The zero-order chi connectivity index (χ0) is 14.3. The fraction of sp³-hybridized carbons (Fsp3) is 0.500. The van der Waals surface area contributed by atoms with Gasteiger partial charge < -0.3 is 11.1 Å². The van der Waals surface area contributed by atoms with E-state index >= 15 is 0 Å². The highest BCUT2D eigenvalue weighted by Gasteiger charge is 2.15. The first kappa shape index (κ1) is 16.5. The van der Waals surface area contributed by atoms with Crippen molar-refractivity contribution in [3.63, 3.8) is 0 Å². The lowest BCUT2D eigenvalue weighted by atomic mass is 10.1. The lowest BCUT2D eigenvalue weighted by Gasteiger charge is -2.17. The lowest BCUT2D eigenvalue weighted by molar-refractivity contribution is -0.122. The molecule has 5 heteroatoms. The molecule has 0 fully saturated rings. The van der Waals surface area contributed by atoms with Gasteiger partial charge in [0.25, 0.3) is 0 Å². The average Bonchev–Trinajstić information content (AvgIpc) is 2.38. The number of rotatable bonds is 7. The second-order valence-electron chi connectivity index (χ2n) is 4.63. The molecule has 0 aliphatic carbocycles. The Kier molecular flexibility index (Phi) is 7.49. The normalized spacial score (nSPS) is 13.9. The summed E-state index contributed by atoms with van der Waals surface area (Å²) in [5.74, 6) is 0.856. The van der Waals surface area contributed by atoms with Gasteiger partial charge >= 0.3 is 0 Å². The van der Waals surface area contributed by atoms with Gasteiger partial charge in [-0.15, -0.1) is 0 Å². The van der Waals surface area contributed by atoms with Crippen LogP contribution >= 0.6 is 27.7 Å². The highest BCUT2D eigenvalue weighted by Crippen LogP contribution is 2.12.